The lowest BCUT2D eigenvalue weighted by molar-refractivity contribution is 0.245. The summed E-state index contributed by atoms with van der Waals surface area (Å²) in [6.07, 6.45) is 6.17. The second-order valence-electron chi connectivity index (χ2n) is 7.35. The van der Waals surface area contributed by atoms with Crippen LogP contribution in [0.1, 0.15) is 24.0 Å². The molecule has 2 aromatic carbocycles. The molecule has 0 saturated carbocycles. The van der Waals surface area contributed by atoms with Crippen LogP contribution in [0, 0.1) is 0 Å². The van der Waals surface area contributed by atoms with Crippen molar-refractivity contribution in [3.05, 3.63) is 83.1 Å². The molecule has 0 spiro atoms. The van der Waals surface area contributed by atoms with Gasteiger partial charge in [-0.25, -0.2) is 13.2 Å². The number of unbranched alkanes of at least 4 members (excludes halogenated alkanes) is 1. The predicted molar refractivity (Wildman–Crippen MR) is 120 cm³/mol. The van der Waals surface area contributed by atoms with Crippen molar-refractivity contribution in [3.63, 3.8) is 0 Å². The third-order valence-corrected chi connectivity index (χ3v) is 7.39. The number of sulfone groups is 1. The number of hydrogen-bond acceptors (Lipinski definition) is 4. The van der Waals surface area contributed by atoms with E-state index in [-0.39, 0.29) is 28.1 Å². The minimum Gasteiger partial charge on any atom is -0.338 e. The number of anilines is 1. The highest BCUT2D eigenvalue weighted by Crippen LogP contribution is 2.38. The van der Waals surface area contributed by atoms with E-state index < -0.39 is 9.84 Å². The van der Waals surface area contributed by atoms with Crippen molar-refractivity contribution < 1.29 is 13.2 Å². The quantitative estimate of drug-likeness (QED) is 0.569. The molecule has 0 bridgehead atoms. The molecule has 4 rings (SSSR count). The lowest BCUT2D eigenvalue weighted by Gasteiger charge is -2.23. The molecule has 0 atom stereocenters. The number of benzene rings is 2. The van der Waals surface area contributed by atoms with Crippen LogP contribution in [-0.4, -0.2) is 26.0 Å². The van der Waals surface area contributed by atoms with Crippen molar-refractivity contribution in [2.75, 3.05) is 11.4 Å². The Kier molecular flexibility index (Phi) is 6.25. The number of fused-ring (bicyclic) bond motifs is 2. The first-order chi connectivity index (χ1) is 15.0. The topological polar surface area (TPSA) is 79.4 Å². The third kappa shape index (κ3) is 4.57. The lowest BCUT2D eigenvalue weighted by Crippen LogP contribution is -2.40. The fourth-order valence-corrected chi connectivity index (χ4v) is 5.51. The van der Waals surface area contributed by atoms with Crippen molar-refractivity contribution in [3.8, 4) is 0 Å². The molecule has 8 heteroatoms. The number of nitrogens with zero attached hydrogens (tertiary/aromatic N) is 2. The molecule has 3 aromatic rings. The number of rotatable bonds is 5. The van der Waals surface area contributed by atoms with E-state index in [0.717, 1.165) is 19.3 Å². The average molecular weight is 456 g/mol. The number of aromatic nitrogens is 1. The van der Waals surface area contributed by atoms with E-state index in [9.17, 15) is 13.2 Å². The van der Waals surface area contributed by atoms with Crippen LogP contribution in [0.25, 0.3) is 0 Å². The van der Waals surface area contributed by atoms with Crippen LogP contribution in [0.3, 0.4) is 0 Å². The summed E-state index contributed by atoms with van der Waals surface area (Å²) in [5, 5.41) is 3.29. The van der Waals surface area contributed by atoms with Gasteiger partial charge in [0, 0.05) is 24.0 Å². The summed E-state index contributed by atoms with van der Waals surface area (Å²) in [5.74, 6) is 0. The molecule has 2 amide bonds. The van der Waals surface area contributed by atoms with Gasteiger partial charge in [-0.15, -0.1) is 0 Å². The van der Waals surface area contributed by atoms with Gasteiger partial charge in [-0.3, -0.25) is 9.88 Å². The summed E-state index contributed by atoms with van der Waals surface area (Å²) in [7, 11) is -3.77. The molecule has 0 unspecified atom stereocenters. The second kappa shape index (κ2) is 9.08. The number of halogens is 1. The molecule has 1 aromatic heterocycles. The van der Waals surface area contributed by atoms with Gasteiger partial charge in [0.25, 0.3) is 0 Å². The first kappa shape index (κ1) is 21.3. The number of nitrogens with one attached hydrogen (secondary N) is 1. The molecule has 31 heavy (non-hydrogen) atoms. The molecule has 0 saturated heterocycles. The Balaban J connectivity index is 1.52. The van der Waals surface area contributed by atoms with Crippen LogP contribution in [0.4, 0.5) is 10.5 Å². The molecular formula is C23H22ClN3O3S. The number of aryl methyl sites for hydroxylation is 1. The van der Waals surface area contributed by atoms with Gasteiger partial charge in [-0.05, 0) is 66.8 Å². The van der Waals surface area contributed by atoms with Gasteiger partial charge in [0.15, 0.2) is 0 Å². The highest BCUT2D eigenvalue weighted by Gasteiger charge is 2.33. The average Bonchev–Trinajstić information content (AvgIpc) is 2.86. The largest absolute Gasteiger partial charge is 0.338 e. The van der Waals surface area contributed by atoms with E-state index in [0.29, 0.717) is 17.1 Å². The van der Waals surface area contributed by atoms with E-state index in [1.807, 2.05) is 12.1 Å². The van der Waals surface area contributed by atoms with Gasteiger partial charge >= 0.3 is 6.03 Å². The minimum atomic E-state index is -3.77. The van der Waals surface area contributed by atoms with Crippen LogP contribution in [0.15, 0.2) is 76.8 Å². The lowest BCUT2D eigenvalue weighted by atomic mass is 10.1. The predicted octanol–water partition coefficient (Wildman–Crippen LogP) is 4.62. The smallest absolute Gasteiger partial charge is 0.322 e. The SMILES string of the molecule is O=C(NCCCCc1ccncc1)N1Cc2ccccc2S(=O)(=O)c2ccc(Cl)cc21. The summed E-state index contributed by atoms with van der Waals surface area (Å²) in [4.78, 5) is 18.8. The van der Waals surface area contributed by atoms with Gasteiger partial charge in [-0.2, -0.15) is 0 Å². The summed E-state index contributed by atoms with van der Waals surface area (Å²) < 4.78 is 26.4. The van der Waals surface area contributed by atoms with E-state index in [2.05, 4.69) is 10.3 Å². The molecule has 1 N–H and O–H groups in total. The molecule has 0 radical (unpaired) electrons. The molecule has 0 aliphatic carbocycles. The summed E-state index contributed by atoms with van der Waals surface area (Å²) >= 11 is 6.15. The highest BCUT2D eigenvalue weighted by atomic mass is 35.5. The Morgan fingerprint density at radius 1 is 1.03 bits per heavy atom. The van der Waals surface area contributed by atoms with Crippen LogP contribution in [0.5, 0.6) is 0 Å². The van der Waals surface area contributed by atoms with E-state index in [4.69, 9.17) is 11.6 Å². The zero-order valence-electron chi connectivity index (χ0n) is 16.8. The highest BCUT2D eigenvalue weighted by molar-refractivity contribution is 7.91. The van der Waals surface area contributed by atoms with Crippen molar-refractivity contribution in [1.82, 2.24) is 10.3 Å². The molecule has 160 valence electrons. The third-order valence-electron chi connectivity index (χ3n) is 5.25. The number of amides is 2. The normalized spacial score (nSPS) is 14.3. The zero-order valence-corrected chi connectivity index (χ0v) is 18.4. The number of carbonyl (C=O) groups excluding carboxylic acids is 1. The summed E-state index contributed by atoms with van der Waals surface area (Å²) in [6, 6.07) is 14.9. The Morgan fingerprint density at radius 3 is 2.61 bits per heavy atom. The van der Waals surface area contributed by atoms with Crippen molar-refractivity contribution in [1.29, 1.82) is 0 Å². The Bertz CT molecular complexity index is 1200. The Hall–Kier alpha value is -2.90. The van der Waals surface area contributed by atoms with Crippen LogP contribution in [0.2, 0.25) is 5.02 Å². The van der Waals surface area contributed by atoms with Crippen LogP contribution >= 0.6 is 11.6 Å². The molecule has 0 fully saturated rings. The number of hydrogen-bond donors (Lipinski definition) is 1. The fourth-order valence-electron chi connectivity index (χ4n) is 3.67. The van der Waals surface area contributed by atoms with Gasteiger partial charge in [0.1, 0.15) is 0 Å². The Labute approximate surface area is 186 Å². The number of pyridine rings is 1. The number of urea groups is 1. The molecule has 2 heterocycles. The van der Waals surface area contributed by atoms with Crippen molar-refractivity contribution in [2.45, 2.75) is 35.6 Å². The maximum atomic E-state index is 13.2. The van der Waals surface area contributed by atoms with Crippen LogP contribution < -0.4 is 10.2 Å². The maximum Gasteiger partial charge on any atom is 0.322 e. The van der Waals surface area contributed by atoms with E-state index >= 15 is 0 Å². The zero-order chi connectivity index (χ0) is 21.8. The minimum absolute atomic E-state index is 0.0784. The van der Waals surface area contributed by atoms with Gasteiger partial charge in [0.05, 0.1) is 22.0 Å². The Morgan fingerprint density at radius 2 is 1.81 bits per heavy atom. The van der Waals surface area contributed by atoms with Crippen LogP contribution in [-0.2, 0) is 22.8 Å². The number of carbonyl (C=O) groups is 1. The molecule has 1 aliphatic rings. The standard InChI is InChI=1S/C23H22ClN3O3S/c24-19-8-9-22-20(15-19)27(16-18-6-1-2-7-21(18)31(22,29)30)23(28)26-12-4-3-5-17-10-13-25-14-11-17/h1-2,6-11,13-15H,3-5,12,16H2,(H,26,28). The maximum absolute atomic E-state index is 13.2. The van der Waals surface area contributed by atoms with Gasteiger partial charge in [0.2, 0.25) is 9.84 Å². The van der Waals surface area contributed by atoms with E-state index in [1.54, 1.807) is 36.7 Å². The summed E-state index contributed by atoms with van der Waals surface area (Å²) in [5.41, 5.74) is 2.07. The van der Waals surface area contributed by atoms with E-state index in [1.165, 1.54) is 28.7 Å². The van der Waals surface area contributed by atoms with Crippen molar-refractivity contribution >= 4 is 33.2 Å². The first-order valence-corrected chi connectivity index (χ1v) is 11.9. The summed E-state index contributed by atoms with van der Waals surface area (Å²) in [6.45, 7) is 0.635. The molecule has 1 aliphatic heterocycles. The second-order valence-corrected chi connectivity index (χ2v) is 9.68. The van der Waals surface area contributed by atoms with Gasteiger partial charge in [-0.1, -0.05) is 29.8 Å². The van der Waals surface area contributed by atoms with Crippen molar-refractivity contribution in [2.24, 2.45) is 0 Å². The fraction of sp³-hybridized carbons (Fsp3) is 0.217. The first-order valence-electron chi connectivity index (χ1n) is 10.0. The molecular weight excluding hydrogens is 434 g/mol. The van der Waals surface area contributed by atoms with Gasteiger partial charge < -0.3 is 5.32 Å². The monoisotopic (exact) mass is 455 g/mol. The molecule has 6 nitrogen and oxygen atoms in total.